The molecule has 6 heteroatoms. The predicted octanol–water partition coefficient (Wildman–Crippen LogP) is 13.0. The van der Waals surface area contributed by atoms with Gasteiger partial charge >= 0.3 is 0 Å². The summed E-state index contributed by atoms with van der Waals surface area (Å²) < 4.78 is 8.67. The fraction of sp³-hybridized carbons (Fsp3) is 0.240. The van der Waals surface area contributed by atoms with Crippen molar-refractivity contribution >= 4 is 33.2 Å². The van der Waals surface area contributed by atoms with Gasteiger partial charge in [0.25, 0.3) is 0 Å². The third kappa shape index (κ3) is 7.80. The molecule has 56 heavy (non-hydrogen) atoms. The van der Waals surface area contributed by atoms with E-state index in [1.807, 2.05) is 30.5 Å². The molecule has 0 spiro atoms. The molecule has 1 aliphatic heterocycles. The van der Waals surface area contributed by atoms with Crippen LogP contribution in [0.4, 0.5) is 11.4 Å². The average Bonchev–Trinajstić information content (AvgIpc) is 3.78. The Bertz CT molecular complexity index is 2560. The Labute approximate surface area is 346 Å². The Kier molecular flexibility index (Phi) is 10.3. The van der Waals surface area contributed by atoms with Crippen LogP contribution in [0.15, 0.2) is 128 Å². The van der Waals surface area contributed by atoms with Crippen molar-refractivity contribution in [2.24, 2.45) is 0 Å². The minimum atomic E-state index is -0.0138. The SMILES string of the molecule is CC(C)(C)c1ccc(-c2cc(N3C=CN(c4[c-]c(Oc5[c-]c6c(cc5)c5ccccc5n6-c5cc(C(C)(C)C)ccn5)ccc4)[CH-]3)cc(C(C)(C)C)c2)cc1.[Pt]. The third-order valence-corrected chi connectivity index (χ3v) is 10.5. The molecule has 0 atom stereocenters. The monoisotopic (exact) mass is 916 g/mol. The second-order valence-corrected chi connectivity index (χ2v) is 17.7. The number of aromatic nitrogens is 2. The van der Waals surface area contributed by atoms with Crippen LogP contribution >= 0.6 is 0 Å². The van der Waals surface area contributed by atoms with E-state index < -0.39 is 0 Å². The van der Waals surface area contributed by atoms with Gasteiger partial charge in [-0.05, 0) is 92.2 Å². The molecule has 0 saturated heterocycles. The Hall–Kier alpha value is -5.12. The molecule has 0 radical (unpaired) electrons. The van der Waals surface area contributed by atoms with E-state index >= 15 is 0 Å². The Morgan fingerprint density at radius 2 is 1.27 bits per heavy atom. The van der Waals surface area contributed by atoms with E-state index in [1.165, 1.54) is 27.8 Å². The molecule has 0 bridgehead atoms. The molecule has 0 fully saturated rings. The van der Waals surface area contributed by atoms with Gasteiger partial charge < -0.3 is 19.1 Å². The maximum Gasteiger partial charge on any atom is 0.135 e. The van der Waals surface area contributed by atoms with Crippen LogP contribution in [0.2, 0.25) is 0 Å². The van der Waals surface area contributed by atoms with Crippen LogP contribution in [0.5, 0.6) is 11.5 Å². The maximum absolute atomic E-state index is 6.49. The first kappa shape index (κ1) is 39.1. The molecule has 0 amide bonds. The van der Waals surface area contributed by atoms with Gasteiger partial charge in [0.2, 0.25) is 0 Å². The Morgan fingerprint density at radius 3 is 2.00 bits per heavy atom. The summed E-state index contributed by atoms with van der Waals surface area (Å²) >= 11 is 0. The van der Waals surface area contributed by atoms with Crippen molar-refractivity contribution in [2.75, 3.05) is 9.80 Å². The van der Waals surface area contributed by atoms with Crippen LogP contribution in [0.3, 0.4) is 0 Å². The van der Waals surface area contributed by atoms with Gasteiger partial charge in [-0.15, -0.1) is 48.1 Å². The summed E-state index contributed by atoms with van der Waals surface area (Å²) in [6, 6.07) is 45.8. The molecule has 7 aromatic rings. The Morgan fingerprint density at radius 1 is 0.571 bits per heavy atom. The summed E-state index contributed by atoms with van der Waals surface area (Å²) in [5, 5.41) is 2.25. The van der Waals surface area contributed by atoms with Gasteiger partial charge in [0.05, 0.1) is 0 Å². The van der Waals surface area contributed by atoms with E-state index in [0.717, 1.165) is 39.0 Å². The second kappa shape index (κ2) is 14.8. The molecule has 3 heterocycles. The van der Waals surface area contributed by atoms with Crippen LogP contribution < -0.4 is 14.5 Å². The molecule has 0 aliphatic carbocycles. The maximum atomic E-state index is 6.49. The van der Waals surface area contributed by atoms with Crippen molar-refractivity contribution in [1.29, 1.82) is 0 Å². The van der Waals surface area contributed by atoms with Crippen molar-refractivity contribution in [1.82, 2.24) is 9.55 Å². The predicted molar refractivity (Wildman–Crippen MR) is 229 cm³/mol. The molecule has 0 saturated carbocycles. The number of hydrogen-bond donors (Lipinski definition) is 0. The number of para-hydroxylation sites is 1. The summed E-state index contributed by atoms with van der Waals surface area (Å²) in [4.78, 5) is 9.07. The number of pyridine rings is 1. The second-order valence-electron chi connectivity index (χ2n) is 17.7. The zero-order valence-corrected chi connectivity index (χ0v) is 36.0. The minimum Gasteiger partial charge on any atom is -0.509 e. The van der Waals surface area contributed by atoms with Crippen molar-refractivity contribution in [3.8, 4) is 28.4 Å². The summed E-state index contributed by atoms with van der Waals surface area (Å²) in [6.45, 7) is 22.3. The van der Waals surface area contributed by atoms with Crippen molar-refractivity contribution in [3.05, 3.63) is 163 Å². The van der Waals surface area contributed by atoms with Gasteiger partial charge in [-0.2, -0.15) is 12.1 Å². The number of ether oxygens (including phenoxy) is 1. The largest absolute Gasteiger partial charge is 0.509 e. The van der Waals surface area contributed by atoms with Crippen LogP contribution in [0.1, 0.15) is 79.0 Å². The standard InChI is InChI=1S/C50H49N4O.Pt/c1-48(2,3)36-19-17-34(18-20-36)35-27-38(50(7,8)9)29-40(28-35)53-26-25-52(33-53)39-13-12-14-41(31-39)55-42-21-22-44-43-15-10-11-16-45(43)54(46(44)32-42)47-30-37(23-24-51-47)49(4,5)6;/h10-30,33H,1-9H3;/q-3;. The van der Waals surface area contributed by atoms with Gasteiger partial charge in [-0.1, -0.05) is 116 Å². The molecule has 8 rings (SSSR count). The zero-order chi connectivity index (χ0) is 38.7. The summed E-state index contributed by atoms with van der Waals surface area (Å²) in [5.41, 5.74) is 10.3. The van der Waals surface area contributed by atoms with E-state index in [2.05, 4.69) is 193 Å². The summed E-state index contributed by atoms with van der Waals surface area (Å²) in [5.74, 6) is 2.08. The van der Waals surface area contributed by atoms with Crippen molar-refractivity contribution < 1.29 is 25.8 Å². The number of benzene rings is 5. The number of hydrogen-bond acceptors (Lipinski definition) is 4. The van der Waals surface area contributed by atoms with Crippen LogP contribution in [-0.2, 0) is 37.3 Å². The van der Waals surface area contributed by atoms with Gasteiger partial charge in [-0.25, -0.2) is 4.98 Å². The van der Waals surface area contributed by atoms with Crippen molar-refractivity contribution in [3.63, 3.8) is 0 Å². The molecule has 0 unspecified atom stereocenters. The van der Waals surface area contributed by atoms with E-state index in [-0.39, 0.29) is 37.3 Å². The molecule has 0 N–H and O–H groups in total. The average molecular weight is 917 g/mol. The topological polar surface area (TPSA) is 33.5 Å². The number of nitrogens with zero attached hydrogens (tertiary/aromatic N) is 4. The molecule has 288 valence electrons. The Balaban J connectivity index is 0.00000480. The van der Waals surface area contributed by atoms with Crippen LogP contribution in [0.25, 0.3) is 38.8 Å². The molecular formula is C50H49N4OPt-3. The van der Waals surface area contributed by atoms with E-state index in [1.54, 1.807) is 0 Å². The van der Waals surface area contributed by atoms with Crippen LogP contribution in [-0.4, -0.2) is 9.55 Å². The molecule has 1 aliphatic rings. The first-order valence-corrected chi connectivity index (χ1v) is 19.1. The summed E-state index contributed by atoms with van der Waals surface area (Å²) in [6.07, 6.45) is 6.05. The molecule has 2 aromatic heterocycles. The van der Waals surface area contributed by atoms with Crippen LogP contribution in [0, 0.1) is 18.8 Å². The smallest absolute Gasteiger partial charge is 0.135 e. The number of anilines is 2. The molecule has 5 aromatic carbocycles. The van der Waals surface area contributed by atoms with E-state index in [4.69, 9.17) is 9.72 Å². The van der Waals surface area contributed by atoms with Crippen molar-refractivity contribution in [2.45, 2.75) is 78.6 Å². The normalized spacial score (nSPS) is 13.4. The minimum absolute atomic E-state index is 0. The fourth-order valence-corrected chi connectivity index (χ4v) is 7.12. The first-order valence-electron chi connectivity index (χ1n) is 19.1. The third-order valence-electron chi connectivity index (χ3n) is 10.5. The van der Waals surface area contributed by atoms with E-state index in [9.17, 15) is 0 Å². The van der Waals surface area contributed by atoms with Gasteiger partial charge in [0.1, 0.15) is 5.82 Å². The van der Waals surface area contributed by atoms with E-state index in [0.29, 0.717) is 11.5 Å². The number of fused-ring (bicyclic) bond motifs is 3. The fourth-order valence-electron chi connectivity index (χ4n) is 7.12. The quantitative estimate of drug-likeness (QED) is 0.156. The van der Waals surface area contributed by atoms with Gasteiger partial charge in [0.15, 0.2) is 0 Å². The molecule has 5 nitrogen and oxygen atoms in total. The summed E-state index contributed by atoms with van der Waals surface area (Å²) in [7, 11) is 0. The zero-order valence-electron chi connectivity index (χ0n) is 33.7. The first-order chi connectivity index (χ1) is 26.1. The molecular weight excluding hydrogens is 868 g/mol. The van der Waals surface area contributed by atoms with Gasteiger partial charge in [0, 0.05) is 50.0 Å². The van der Waals surface area contributed by atoms with Gasteiger partial charge in [-0.3, -0.25) is 0 Å². The number of rotatable bonds is 6.